The Labute approximate surface area is 183 Å². The summed E-state index contributed by atoms with van der Waals surface area (Å²) < 4.78 is 5.84. The molecule has 0 aromatic heterocycles. The Morgan fingerprint density at radius 1 is 1.29 bits per heavy atom. The first-order valence-electron chi connectivity index (χ1n) is 11.6. The number of ether oxygens (including phenoxy) is 1. The fraction of sp³-hybridized carbons (Fsp3) is 0.720. The highest BCUT2D eigenvalue weighted by atomic mass is 16.6. The van der Waals surface area contributed by atoms with Gasteiger partial charge in [0.25, 0.3) is 0 Å². The van der Waals surface area contributed by atoms with Crippen molar-refractivity contribution >= 4 is 17.7 Å². The second-order valence-corrected chi connectivity index (χ2v) is 10.6. The summed E-state index contributed by atoms with van der Waals surface area (Å²) >= 11 is 0. The molecule has 4 aliphatic carbocycles. The van der Waals surface area contributed by atoms with Crippen LogP contribution in [0.3, 0.4) is 0 Å². The second kappa shape index (κ2) is 7.29. The highest BCUT2D eigenvalue weighted by Gasteiger charge is 2.73. The Balaban J connectivity index is 1.76. The number of carbonyl (C=O) groups excluding carboxylic acids is 2. The van der Waals surface area contributed by atoms with Crippen LogP contribution in [0.1, 0.15) is 66.2 Å². The molecule has 0 radical (unpaired) electrons. The van der Waals surface area contributed by atoms with Gasteiger partial charge in [-0.05, 0) is 56.1 Å². The summed E-state index contributed by atoms with van der Waals surface area (Å²) in [4.78, 5) is 37.2. The van der Waals surface area contributed by atoms with E-state index in [1.165, 1.54) is 0 Å². The largest absolute Gasteiger partial charge is 0.478 e. The van der Waals surface area contributed by atoms with Crippen LogP contribution < -0.4 is 0 Å². The molecule has 8 atom stereocenters. The number of fused-ring (bicyclic) bond motifs is 5. The van der Waals surface area contributed by atoms with Crippen molar-refractivity contribution in [1.82, 2.24) is 0 Å². The number of esters is 1. The quantitative estimate of drug-likeness (QED) is 0.660. The van der Waals surface area contributed by atoms with E-state index in [0.29, 0.717) is 12.8 Å². The zero-order valence-corrected chi connectivity index (χ0v) is 18.9. The highest BCUT2D eigenvalue weighted by molar-refractivity contribution is 6.01. The average molecular weight is 431 g/mol. The van der Waals surface area contributed by atoms with Gasteiger partial charge in [0.15, 0.2) is 5.78 Å². The predicted octanol–water partition coefficient (Wildman–Crippen LogP) is 3.68. The first kappa shape index (κ1) is 22.3. The molecule has 4 rings (SSSR count). The van der Waals surface area contributed by atoms with Gasteiger partial charge in [0.2, 0.25) is 5.60 Å². The monoisotopic (exact) mass is 430 g/mol. The summed E-state index contributed by atoms with van der Waals surface area (Å²) in [5, 5.41) is 21.8. The summed E-state index contributed by atoms with van der Waals surface area (Å²) in [5.41, 5.74) is -1.83. The molecule has 0 aromatic rings. The molecule has 6 heteroatoms. The van der Waals surface area contributed by atoms with Crippen molar-refractivity contribution in [3.05, 3.63) is 23.8 Å². The first-order chi connectivity index (χ1) is 14.5. The number of carboxylic acids is 1. The van der Waals surface area contributed by atoms with E-state index >= 15 is 0 Å². The topological polar surface area (TPSA) is 101 Å². The molecule has 0 aromatic carbocycles. The van der Waals surface area contributed by atoms with Gasteiger partial charge in [-0.2, -0.15) is 0 Å². The van der Waals surface area contributed by atoms with E-state index in [-0.39, 0.29) is 42.3 Å². The van der Waals surface area contributed by atoms with Crippen molar-refractivity contribution in [2.24, 2.45) is 34.5 Å². The third kappa shape index (κ3) is 2.90. The third-order valence-electron chi connectivity index (χ3n) is 9.08. The van der Waals surface area contributed by atoms with Gasteiger partial charge < -0.3 is 14.9 Å². The van der Waals surface area contributed by atoms with Crippen LogP contribution in [0.4, 0.5) is 0 Å². The van der Waals surface area contributed by atoms with E-state index in [1.807, 2.05) is 26.8 Å². The number of hydrogen-bond acceptors (Lipinski definition) is 5. The molecule has 0 heterocycles. The maximum Gasteiger partial charge on any atom is 0.349 e. The number of allylic oxidation sites excluding steroid dienone is 4. The van der Waals surface area contributed by atoms with Gasteiger partial charge >= 0.3 is 11.9 Å². The lowest BCUT2D eigenvalue weighted by Gasteiger charge is -2.59. The fourth-order valence-corrected chi connectivity index (χ4v) is 7.79. The number of aliphatic carboxylic acids is 1. The zero-order valence-electron chi connectivity index (χ0n) is 18.9. The van der Waals surface area contributed by atoms with Crippen molar-refractivity contribution in [2.45, 2.75) is 77.9 Å². The number of aliphatic hydroxyl groups is 1. The Hall–Kier alpha value is -1.95. The molecular formula is C25H34O6. The van der Waals surface area contributed by atoms with Crippen LogP contribution in [-0.4, -0.2) is 39.6 Å². The number of carboxylic acid groups (broad SMARTS) is 1. The molecule has 3 fully saturated rings. The lowest BCUT2D eigenvalue weighted by Crippen LogP contribution is -2.63. The molecule has 0 spiro atoms. The van der Waals surface area contributed by atoms with Crippen LogP contribution in [0.25, 0.3) is 0 Å². The number of hydrogen-bond donors (Lipinski definition) is 2. The van der Waals surface area contributed by atoms with Gasteiger partial charge in [0, 0.05) is 29.1 Å². The Morgan fingerprint density at radius 2 is 2.00 bits per heavy atom. The van der Waals surface area contributed by atoms with Gasteiger partial charge in [-0.1, -0.05) is 39.3 Å². The maximum atomic E-state index is 12.7. The van der Waals surface area contributed by atoms with E-state index in [9.17, 15) is 24.6 Å². The molecule has 2 N–H and O–H groups in total. The Morgan fingerprint density at radius 3 is 2.65 bits per heavy atom. The van der Waals surface area contributed by atoms with Crippen molar-refractivity contribution in [3.8, 4) is 0 Å². The molecule has 3 saturated carbocycles. The minimum atomic E-state index is -1.63. The predicted molar refractivity (Wildman–Crippen MR) is 114 cm³/mol. The van der Waals surface area contributed by atoms with E-state index < -0.39 is 34.5 Å². The SMILES string of the molecule is CCCC(=O)O[C@]1(C(=O)O)[C@@H](C)C[C@H]2[C@@H]3CCC4=CC(=O)C=C[C@]4(C)[C@H]3[C@@H](O)C[C@@]21C. The van der Waals surface area contributed by atoms with E-state index in [4.69, 9.17) is 4.74 Å². The minimum absolute atomic E-state index is 0.0109. The van der Waals surface area contributed by atoms with Crippen molar-refractivity contribution < 1.29 is 29.3 Å². The normalized spacial score (nSPS) is 45.9. The molecule has 0 amide bonds. The number of carbonyl (C=O) groups is 3. The maximum absolute atomic E-state index is 12.7. The van der Waals surface area contributed by atoms with Gasteiger partial charge in [-0.3, -0.25) is 9.59 Å². The Bertz CT molecular complexity index is 873. The Kier molecular flexibility index (Phi) is 5.23. The van der Waals surface area contributed by atoms with Crippen LogP contribution in [-0.2, 0) is 19.1 Å². The second-order valence-electron chi connectivity index (χ2n) is 10.6. The summed E-state index contributed by atoms with van der Waals surface area (Å²) in [6.07, 6.45) is 7.75. The fourth-order valence-electron chi connectivity index (χ4n) is 7.79. The summed E-state index contributed by atoms with van der Waals surface area (Å²) in [5.74, 6) is -1.91. The van der Waals surface area contributed by atoms with E-state index in [0.717, 1.165) is 18.4 Å². The molecule has 6 nitrogen and oxygen atoms in total. The third-order valence-corrected chi connectivity index (χ3v) is 9.08. The zero-order chi connectivity index (χ0) is 22.8. The summed E-state index contributed by atoms with van der Waals surface area (Å²) in [6.45, 7) is 7.73. The molecule has 0 aliphatic heterocycles. The van der Waals surface area contributed by atoms with Crippen LogP contribution >= 0.6 is 0 Å². The van der Waals surface area contributed by atoms with Gasteiger partial charge in [-0.25, -0.2) is 4.79 Å². The van der Waals surface area contributed by atoms with Gasteiger partial charge in [-0.15, -0.1) is 0 Å². The van der Waals surface area contributed by atoms with Crippen LogP contribution in [0.5, 0.6) is 0 Å². The van der Waals surface area contributed by atoms with E-state index in [1.54, 1.807) is 12.2 Å². The number of ketones is 1. The molecule has 170 valence electrons. The van der Waals surface area contributed by atoms with Crippen molar-refractivity contribution in [3.63, 3.8) is 0 Å². The molecule has 31 heavy (non-hydrogen) atoms. The van der Waals surface area contributed by atoms with Crippen LogP contribution in [0.2, 0.25) is 0 Å². The minimum Gasteiger partial charge on any atom is -0.478 e. The average Bonchev–Trinajstić information content (AvgIpc) is 2.90. The lowest BCUT2D eigenvalue weighted by atomic mass is 9.46. The van der Waals surface area contributed by atoms with Crippen LogP contribution in [0, 0.1) is 34.5 Å². The molecule has 0 unspecified atom stereocenters. The highest BCUT2D eigenvalue weighted by Crippen LogP contribution is 2.69. The number of rotatable bonds is 4. The first-order valence-corrected chi connectivity index (χ1v) is 11.6. The summed E-state index contributed by atoms with van der Waals surface area (Å²) in [7, 11) is 0. The van der Waals surface area contributed by atoms with Crippen molar-refractivity contribution in [1.29, 1.82) is 0 Å². The smallest absolute Gasteiger partial charge is 0.349 e. The van der Waals surface area contributed by atoms with Crippen LogP contribution in [0.15, 0.2) is 23.8 Å². The van der Waals surface area contributed by atoms with E-state index in [2.05, 4.69) is 6.92 Å². The van der Waals surface area contributed by atoms with Gasteiger partial charge in [0.1, 0.15) is 0 Å². The van der Waals surface area contributed by atoms with Gasteiger partial charge in [0.05, 0.1) is 6.10 Å². The summed E-state index contributed by atoms with van der Waals surface area (Å²) in [6, 6.07) is 0. The lowest BCUT2D eigenvalue weighted by molar-refractivity contribution is -0.215. The molecule has 0 bridgehead atoms. The standard InChI is InChI=1S/C25H34O6/c1-5-6-20(28)31-25(22(29)30)14(2)11-18-17-8-7-15-12-16(26)9-10-23(15,3)21(17)19(27)13-24(18,25)4/h9-10,12,14,17-19,21,27H,5-8,11,13H2,1-4H3,(H,29,30)/t14-,17-,18-,19-,21+,23-,24-,25-/m0/s1. The number of aliphatic hydroxyl groups excluding tert-OH is 1. The van der Waals surface area contributed by atoms with Crippen molar-refractivity contribution in [2.75, 3.05) is 0 Å². The molecule has 0 saturated heterocycles. The molecule has 4 aliphatic rings. The molecular weight excluding hydrogens is 396 g/mol.